The number of carbonyl (C=O) groups excluding carboxylic acids is 2. The first-order valence-electron chi connectivity index (χ1n) is 13.1. The maximum Gasteiger partial charge on any atom is 0.301 e. The normalized spacial score (nSPS) is 17.3. The summed E-state index contributed by atoms with van der Waals surface area (Å²) < 4.78 is 17.6. The SMILES string of the molecule is C=CCOc1cccc([C@@H]2/C(=C(\O)c3ccc4c(c3)OCCO4)C(=O)C(=O)N2c2nnc(SCc3ccccc3)s2)c1. The Balaban J connectivity index is 1.41. The minimum Gasteiger partial charge on any atom is -0.507 e. The predicted molar refractivity (Wildman–Crippen MR) is 160 cm³/mol. The number of anilines is 1. The van der Waals surface area contributed by atoms with Crippen LogP contribution in [0.15, 0.2) is 95.4 Å². The number of aromatic nitrogens is 2. The molecule has 1 amide bonds. The Morgan fingerprint density at radius 3 is 2.67 bits per heavy atom. The lowest BCUT2D eigenvalue weighted by atomic mass is 9.95. The second-order valence-corrected chi connectivity index (χ2v) is 11.5. The standard InChI is InChI=1S/C31H25N3O6S2/c1-2-13-38-22-10-6-9-20(16-22)26-25(27(35)21-11-12-23-24(17-21)40-15-14-39-23)28(36)29(37)34(26)30-32-33-31(42-30)41-18-19-7-4-3-5-8-19/h2-12,16-17,26,35H,1,13-15,18H2/b27-25+/t26-/m1/s1. The quantitative estimate of drug-likeness (QED) is 0.0638. The number of ether oxygens (including phenoxy) is 3. The monoisotopic (exact) mass is 599 g/mol. The summed E-state index contributed by atoms with van der Waals surface area (Å²) >= 11 is 2.69. The summed E-state index contributed by atoms with van der Waals surface area (Å²) in [5, 5.41) is 20.3. The van der Waals surface area contributed by atoms with Gasteiger partial charge in [-0.2, -0.15) is 0 Å². The Kier molecular flexibility index (Phi) is 7.93. The Morgan fingerprint density at radius 1 is 1.05 bits per heavy atom. The smallest absolute Gasteiger partial charge is 0.301 e. The Labute approximate surface area is 250 Å². The van der Waals surface area contributed by atoms with Crippen LogP contribution in [0.2, 0.25) is 0 Å². The highest BCUT2D eigenvalue weighted by atomic mass is 32.2. The molecular weight excluding hydrogens is 574 g/mol. The number of nitrogens with zero attached hydrogens (tertiary/aromatic N) is 3. The van der Waals surface area contributed by atoms with Crippen molar-refractivity contribution < 1.29 is 28.9 Å². The van der Waals surface area contributed by atoms with Gasteiger partial charge in [0, 0.05) is 11.3 Å². The fraction of sp³-hybridized carbons (Fsp3) is 0.161. The summed E-state index contributed by atoms with van der Waals surface area (Å²) in [6.07, 6.45) is 1.62. The van der Waals surface area contributed by atoms with Crippen molar-refractivity contribution in [1.29, 1.82) is 0 Å². The maximum absolute atomic E-state index is 13.6. The average molecular weight is 600 g/mol. The maximum atomic E-state index is 13.6. The fourth-order valence-electron chi connectivity index (χ4n) is 4.70. The number of hydrogen-bond acceptors (Lipinski definition) is 10. The number of aliphatic hydroxyl groups excluding tert-OH is 1. The number of fused-ring (bicyclic) bond motifs is 1. The van der Waals surface area contributed by atoms with E-state index in [9.17, 15) is 14.7 Å². The van der Waals surface area contributed by atoms with Crippen LogP contribution in [0.4, 0.5) is 5.13 Å². The number of thioether (sulfide) groups is 1. The largest absolute Gasteiger partial charge is 0.507 e. The second kappa shape index (κ2) is 12.1. The first-order valence-corrected chi connectivity index (χ1v) is 14.9. The van der Waals surface area contributed by atoms with Gasteiger partial charge < -0.3 is 19.3 Å². The van der Waals surface area contributed by atoms with E-state index in [0.29, 0.717) is 51.7 Å². The molecule has 0 unspecified atom stereocenters. The van der Waals surface area contributed by atoms with Crippen LogP contribution in [-0.2, 0) is 15.3 Å². The number of ketones is 1. The Bertz CT molecular complexity index is 1690. The molecule has 11 heteroatoms. The first kappa shape index (κ1) is 27.6. The van der Waals surface area contributed by atoms with Crippen LogP contribution in [0.1, 0.15) is 22.7 Å². The third kappa shape index (κ3) is 5.48. The minimum absolute atomic E-state index is 0.0776. The third-order valence-electron chi connectivity index (χ3n) is 6.61. The molecule has 42 heavy (non-hydrogen) atoms. The van der Waals surface area contributed by atoms with Crippen LogP contribution in [0, 0.1) is 0 Å². The lowest BCUT2D eigenvalue weighted by Crippen LogP contribution is -2.29. The van der Waals surface area contributed by atoms with Crippen molar-refractivity contribution in [3.8, 4) is 17.2 Å². The van der Waals surface area contributed by atoms with Gasteiger partial charge in [0.25, 0.3) is 5.78 Å². The van der Waals surface area contributed by atoms with Crippen molar-refractivity contribution >= 4 is 45.7 Å². The molecule has 1 fully saturated rings. The number of carbonyl (C=O) groups is 2. The lowest BCUT2D eigenvalue weighted by molar-refractivity contribution is -0.132. The third-order valence-corrected chi connectivity index (χ3v) is 8.74. The van der Waals surface area contributed by atoms with E-state index in [2.05, 4.69) is 16.8 Å². The van der Waals surface area contributed by atoms with Crippen LogP contribution in [-0.4, -0.2) is 46.8 Å². The number of Topliss-reactive ketones (excluding diaryl/α,β-unsaturated/α-hetero) is 1. The Hall–Kier alpha value is -4.61. The van der Waals surface area contributed by atoms with Crippen molar-refractivity contribution in [2.24, 2.45) is 0 Å². The summed E-state index contributed by atoms with van der Waals surface area (Å²) in [7, 11) is 0. The van der Waals surface area contributed by atoms with Gasteiger partial charge in [-0.05, 0) is 41.5 Å². The molecule has 3 heterocycles. The van der Waals surface area contributed by atoms with Crippen molar-refractivity contribution in [2.45, 2.75) is 16.1 Å². The average Bonchev–Trinajstić information content (AvgIpc) is 3.60. The molecule has 1 saturated heterocycles. The van der Waals surface area contributed by atoms with E-state index in [1.165, 1.54) is 28.0 Å². The first-order chi connectivity index (χ1) is 20.5. The highest BCUT2D eigenvalue weighted by Crippen LogP contribution is 2.45. The van der Waals surface area contributed by atoms with Gasteiger partial charge in [-0.3, -0.25) is 14.5 Å². The summed E-state index contributed by atoms with van der Waals surface area (Å²) in [5.41, 5.74) is 1.92. The number of aliphatic hydroxyl groups is 1. The van der Waals surface area contributed by atoms with Gasteiger partial charge in [-0.15, -0.1) is 10.2 Å². The van der Waals surface area contributed by atoms with Gasteiger partial charge in [0.1, 0.15) is 31.3 Å². The molecule has 1 N–H and O–H groups in total. The van der Waals surface area contributed by atoms with Crippen LogP contribution in [0.3, 0.4) is 0 Å². The van der Waals surface area contributed by atoms with E-state index in [-0.39, 0.29) is 23.1 Å². The lowest BCUT2D eigenvalue weighted by Gasteiger charge is -2.23. The zero-order valence-corrected chi connectivity index (χ0v) is 23.9. The minimum atomic E-state index is -0.981. The molecule has 0 bridgehead atoms. The number of benzene rings is 3. The van der Waals surface area contributed by atoms with Crippen molar-refractivity contribution in [3.05, 3.63) is 108 Å². The highest BCUT2D eigenvalue weighted by molar-refractivity contribution is 8.00. The van der Waals surface area contributed by atoms with Crippen LogP contribution >= 0.6 is 23.1 Å². The summed E-state index contributed by atoms with van der Waals surface area (Å²) in [6.45, 7) is 4.74. The molecule has 212 valence electrons. The molecule has 3 aromatic carbocycles. The summed E-state index contributed by atoms with van der Waals surface area (Å²) in [5.74, 6) is 0.194. The van der Waals surface area contributed by atoms with E-state index in [1.54, 1.807) is 48.5 Å². The molecule has 0 spiro atoms. The van der Waals surface area contributed by atoms with Gasteiger partial charge in [0.15, 0.2) is 15.8 Å². The van der Waals surface area contributed by atoms with Gasteiger partial charge in [0.05, 0.1) is 11.6 Å². The van der Waals surface area contributed by atoms with Crippen LogP contribution in [0.5, 0.6) is 17.2 Å². The van der Waals surface area contributed by atoms with Gasteiger partial charge in [-0.1, -0.05) is 78.2 Å². The van der Waals surface area contributed by atoms with E-state index in [1.807, 2.05) is 30.3 Å². The van der Waals surface area contributed by atoms with Gasteiger partial charge >= 0.3 is 5.91 Å². The van der Waals surface area contributed by atoms with Crippen molar-refractivity contribution in [3.63, 3.8) is 0 Å². The fourth-order valence-corrected chi connectivity index (χ4v) is 6.52. The molecule has 1 atom stereocenters. The molecule has 9 nitrogen and oxygen atoms in total. The van der Waals surface area contributed by atoms with Gasteiger partial charge in [-0.25, -0.2) is 0 Å². The van der Waals surface area contributed by atoms with E-state index < -0.39 is 17.7 Å². The van der Waals surface area contributed by atoms with Crippen molar-refractivity contribution in [1.82, 2.24) is 10.2 Å². The zero-order valence-electron chi connectivity index (χ0n) is 22.3. The molecule has 2 aliphatic heterocycles. The molecule has 0 saturated carbocycles. The van der Waals surface area contributed by atoms with E-state index >= 15 is 0 Å². The van der Waals surface area contributed by atoms with E-state index in [4.69, 9.17) is 14.2 Å². The van der Waals surface area contributed by atoms with Gasteiger partial charge in [0.2, 0.25) is 5.13 Å². The molecule has 0 radical (unpaired) electrons. The second-order valence-electron chi connectivity index (χ2n) is 9.32. The number of hydrogen-bond donors (Lipinski definition) is 1. The molecule has 0 aliphatic carbocycles. The molecule has 6 rings (SSSR count). The van der Waals surface area contributed by atoms with Crippen LogP contribution < -0.4 is 19.1 Å². The van der Waals surface area contributed by atoms with Crippen molar-refractivity contribution in [2.75, 3.05) is 24.7 Å². The molecule has 1 aromatic heterocycles. The summed E-state index contributed by atoms with van der Waals surface area (Å²) in [6, 6.07) is 20.9. The number of amides is 1. The highest BCUT2D eigenvalue weighted by Gasteiger charge is 2.48. The van der Waals surface area contributed by atoms with Crippen LogP contribution in [0.25, 0.3) is 5.76 Å². The molecule has 4 aromatic rings. The molecular formula is C31H25N3O6S2. The topological polar surface area (TPSA) is 111 Å². The zero-order chi connectivity index (χ0) is 29.1. The predicted octanol–water partition coefficient (Wildman–Crippen LogP) is 5.79. The summed E-state index contributed by atoms with van der Waals surface area (Å²) in [4.78, 5) is 28.5. The Morgan fingerprint density at radius 2 is 1.86 bits per heavy atom. The van der Waals surface area contributed by atoms with E-state index in [0.717, 1.165) is 5.56 Å². The number of rotatable bonds is 9. The molecule has 2 aliphatic rings.